The summed E-state index contributed by atoms with van der Waals surface area (Å²) in [4.78, 5) is 50.4. The van der Waals surface area contributed by atoms with Crippen molar-refractivity contribution >= 4 is 22.9 Å². The normalized spacial score (nSPS) is 17.3. The minimum absolute atomic E-state index is 0.0610. The summed E-state index contributed by atoms with van der Waals surface area (Å²) >= 11 is 0. The number of carbonyl (C=O) groups excluding carboxylic acids is 1. The summed E-state index contributed by atoms with van der Waals surface area (Å²) in [6.45, 7) is 4.98. The van der Waals surface area contributed by atoms with E-state index in [1.54, 1.807) is 4.90 Å². The number of carbonyl (C=O) groups is 1. The number of amides is 1. The number of rotatable bonds is 7. The van der Waals surface area contributed by atoms with E-state index in [1.165, 1.54) is 6.07 Å². The molecule has 0 bridgehead atoms. The Hall–Kier alpha value is -3.17. The molecule has 2 aromatic heterocycles. The van der Waals surface area contributed by atoms with Gasteiger partial charge in [0.25, 0.3) is 5.56 Å². The smallest absolute Gasteiger partial charge is 0.410 e. The van der Waals surface area contributed by atoms with Gasteiger partial charge >= 0.3 is 17.7 Å². The number of nitrogens with one attached hydrogen (secondary N) is 1. The summed E-state index contributed by atoms with van der Waals surface area (Å²) in [5.74, 6) is 0. The molecule has 10 nitrogen and oxygen atoms in total. The third kappa shape index (κ3) is 5.17. The topological polar surface area (TPSA) is 127 Å². The predicted molar refractivity (Wildman–Crippen MR) is 117 cm³/mol. The van der Waals surface area contributed by atoms with Crippen molar-refractivity contribution in [1.82, 2.24) is 14.9 Å². The third-order valence-corrected chi connectivity index (χ3v) is 5.87. The molecule has 10 heteroatoms. The Morgan fingerprint density at radius 1 is 1.28 bits per heavy atom. The lowest BCUT2D eigenvalue weighted by Gasteiger charge is -2.28. The number of unbranched alkanes of at least 4 members (excludes halogenated alkanes) is 2. The number of likely N-dealkylation sites (tertiary alicyclic amines) is 1. The van der Waals surface area contributed by atoms with Crippen molar-refractivity contribution < 1.29 is 18.8 Å². The minimum atomic E-state index is -0.557. The monoisotopic (exact) mass is 444 g/mol. The largest absolute Gasteiger partial charge is 0.443 e. The van der Waals surface area contributed by atoms with Gasteiger partial charge in [0.05, 0.1) is 5.71 Å². The van der Waals surface area contributed by atoms with E-state index in [0.29, 0.717) is 37.9 Å². The van der Waals surface area contributed by atoms with E-state index < -0.39 is 11.2 Å². The highest BCUT2D eigenvalue weighted by Crippen LogP contribution is 2.39. The molecule has 2 aliphatic rings. The Labute approximate surface area is 184 Å². The van der Waals surface area contributed by atoms with Gasteiger partial charge in [0.1, 0.15) is 11.0 Å². The van der Waals surface area contributed by atoms with Crippen molar-refractivity contribution in [3.05, 3.63) is 32.4 Å². The molecule has 0 atom stereocenters. The van der Waals surface area contributed by atoms with Crippen LogP contribution >= 0.6 is 0 Å². The van der Waals surface area contributed by atoms with E-state index >= 15 is 0 Å². The van der Waals surface area contributed by atoms with Gasteiger partial charge in [0.15, 0.2) is 0 Å². The molecule has 1 amide bonds. The fourth-order valence-corrected chi connectivity index (χ4v) is 3.63. The Balaban J connectivity index is 1.42. The zero-order valence-corrected chi connectivity index (χ0v) is 18.4. The molecule has 0 unspecified atom stereocenters. The van der Waals surface area contributed by atoms with Gasteiger partial charge in [-0.1, -0.05) is 24.9 Å². The summed E-state index contributed by atoms with van der Waals surface area (Å²) < 4.78 is 10.6. The zero-order chi connectivity index (χ0) is 22.7. The SMILES string of the molecule is CCCCCc1cc(=O)oc2nc(ON=C3CCN(C(=O)OC4(C)CC4)CC3)[nH]c(=O)c12. The highest BCUT2D eigenvalue weighted by Gasteiger charge is 2.42. The molecular formula is C22H28N4O6. The Kier molecular flexibility index (Phi) is 6.29. The average molecular weight is 444 g/mol. The van der Waals surface area contributed by atoms with Crippen molar-refractivity contribution in [2.24, 2.45) is 5.16 Å². The quantitative estimate of drug-likeness (QED) is 0.513. The predicted octanol–water partition coefficient (Wildman–Crippen LogP) is 3.13. The average Bonchev–Trinajstić information content (AvgIpc) is 3.48. The number of hydrogen-bond donors (Lipinski definition) is 1. The number of ether oxygens (including phenoxy) is 1. The van der Waals surface area contributed by atoms with E-state index in [2.05, 4.69) is 22.0 Å². The van der Waals surface area contributed by atoms with Crippen LogP contribution in [0.4, 0.5) is 4.79 Å². The molecule has 2 aromatic rings. The third-order valence-electron chi connectivity index (χ3n) is 5.87. The summed E-state index contributed by atoms with van der Waals surface area (Å²) in [6, 6.07) is 1.20. The van der Waals surface area contributed by atoms with Crippen LogP contribution in [0.2, 0.25) is 0 Å². The highest BCUT2D eigenvalue weighted by atomic mass is 16.6. The number of aryl methyl sites for hydroxylation is 1. The Morgan fingerprint density at radius 3 is 2.72 bits per heavy atom. The molecule has 1 aliphatic carbocycles. The first-order chi connectivity index (χ1) is 15.4. The maximum absolute atomic E-state index is 12.6. The van der Waals surface area contributed by atoms with Crippen molar-refractivity contribution in [3.63, 3.8) is 0 Å². The molecule has 4 rings (SSSR count). The van der Waals surface area contributed by atoms with Gasteiger partial charge in [-0.3, -0.25) is 9.78 Å². The first-order valence-corrected chi connectivity index (χ1v) is 11.1. The van der Waals surface area contributed by atoms with Crippen LogP contribution in [0.3, 0.4) is 0 Å². The van der Waals surface area contributed by atoms with Crippen LogP contribution in [0, 0.1) is 0 Å². The van der Waals surface area contributed by atoms with Crippen LogP contribution in [-0.4, -0.2) is 45.4 Å². The first kappa shape index (κ1) is 22.0. The van der Waals surface area contributed by atoms with E-state index in [-0.39, 0.29) is 28.8 Å². The first-order valence-electron chi connectivity index (χ1n) is 11.1. The number of nitrogens with zero attached hydrogens (tertiary/aromatic N) is 3. The second kappa shape index (κ2) is 9.13. The fraction of sp³-hybridized carbons (Fsp3) is 0.591. The highest BCUT2D eigenvalue weighted by molar-refractivity contribution is 5.86. The van der Waals surface area contributed by atoms with Crippen molar-refractivity contribution in [1.29, 1.82) is 0 Å². The number of fused-ring (bicyclic) bond motifs is 1. The number of piperidine rings is 1. The molecule has 1 aliphatic heterocycles. The van der Waals surface area contributed by atoms with E-state index in [0.717, 1.165) is 37.8 Å². The molecule has 32 heavy (non-hydrogen) atoms. The lowest BCUT2D eigenvalue weighted by molar-refractivity contribution is 0.0582. The zero-order valence-electron chi connectivity index (χ0n) is 18.4. The van der Waals surface area contributed by atoms with Crippen LogP contribution in [0.1, 0.15) is 64.4 Å². The minimum Gasteiger partial charge on any atom is -0.443 e. The molecule has 1 N–H and O–H groups in total. The van der Waals surface area contributed by atoms with Crippen LogP contribution < -0.4 is 16.0 Å². The summed E-state index contributed by atoms with van der Waals surface area (Å²) in [5, 5.41) is 4.33. The second-order valence-electron chi connectivity index (χ2n) is 8.65. The lowest BCUT2D eigenvalue weighted by Crippen LogP contribution is -2.40. The van der Waals surface area contributed by atoms with Gasteiger partial charge in [-0.05, 0) is 38.2 Å². The van der Waals surface area contributed by atoms with Crippen LogP contribution in [0.15, 0.2) is 25.2 Å². The molecule has 1 saturated carbocycles. The van der Waals surface area contributed by atoms with Crippen LogP contribution in [0.5, 0.6) is 6.01 Å². The van der Waals surface area contributed by atoms with Crippen LogP contribution in [0.25, 0.3) is 11.1 Å². The van der Waals surface area contributed by atoms with Gasteiger partial charge in [-0.15, -0.1) is 0 Å². The van der Waals surface area contributed by atoms with Gasteiger partial charge in [-0.25, -0.2) is 9.59 Å². The Bertz CT molecular complexity index is 1140. The summed E-state index contributed by atoms with van der Waals surface area (Å²) in [6.07, 6.45) is 6.07. The van der Waals surface area contributed by atoms with Crippen molar-refractivity contribution in [2.45, 2.75) is 70.8 Å². The summed E-state index contributed by atoms with van der Waals surface area (Å²) in [7, 11) is 0. The van der Waals surface area contributed by atoms with Gasteiger partial charge < -0.3 is 18.9 Å². The molecular weight excluding hydrogens is 416 g/mol. The molecule has 0 radical (unpaired) electrons. The maximum Gasteiger partial charge on any atom is 0.410 e. The Morgan fingerprint density at radius 2 is 2.03 bits per heavy atom. The number of hydrogen-bond acceptors (Lipinski definition) is 8. The number of oxime groups is 1. The van der Waals surface area contributed by atoms with E-state index in [4.69, 9.17) is 14.0 Å². The number of aromatic nitrogens is 2. The maximum atomic E-state index is 12.6. The lowest BCUT2D eigenvalue weighted by atomic mass is 10.1. The number of H-pyrrole nitrogens is 1. The van der Waals surface area contributed by atoms with E-state index in [9.17, 15) is 14.4 Å². The van der Waals surface area contributed by atoms with Crippen molar-refractivity contribution in [3.8, 4) is 6.01 Å². The van der Waals surface area contributed by atoms with Crippen LogP contribution in [-0.2, 0) is 11.2 Å². The van der Waals surface area contributed by atoms with Crippen molar-refractivity contribution in [2.75, 3.05) is 13.1 Å². The fourth-order valence-electron chi connectivity index (χ4n) is 3.63. The molecule has 172 valence electrons. The van der Waals surface area contributed by atoms with Gasteiger partial charge in [-0.2, -0.15) is 4.98 Å². The second-order valence-corrected chi connectivity index (χ2v) is 8.65. The summed E-state index contributed by atoms with van der Waals surface area (Å²) in [5.41, 5.74) is 0.00624. The molecule has 0 aromatic carbocycles. The van der Waals surface area contributed by atoms with Gasteiger partial charge in [0.2, 0.25) is 5.71 Å². The molecule has 2 fully saturated rings. The number of aromatic amines is 1. The van der Waals surface area contributed by atoms with E-state index in [1.807, 2.05) is 6.92 Å². The molecule has 3 heterocycles. The standard InChI is InChI=1S/C22H28N4O6/c1-3-4-5-6-14-13-16(27)30-19-17(14)18(28)23-20(24-19)32-25-15-7-11-26(12-8-15)21(29)31-22(2)9-10-22/h13H,3-12H2,1-2H3,(H,23,24,28). The van der Waals surface area contributed by atoms with Gasteiger partial charge in [0, 0.05) is 32.0 Å². The molecule has 1 saturated heterocycles. The molecule has 0 spiro atoms.